The Morgan fingerprint density at radius 1 is 0.964 bits per heavy atom. The molecule has 28 heavy (non-hydrogen) atoms. The van der Waals surface area contributed by atoms with E-state index < -0.39 is 0 Å². The van der Waals surface area contributed by atoms with Crippen molar-refractivity contribution < 1.29 is 4.74 Å². The summed E-state index contributed by atoms with van der Waals surface area (Å²) in [6.45, 7) is 2.75. The summed E-state index contributed by atoms with van der Waals surface area (Å²) in [6.07, 6.45) is 5.10. The molecule has 0 bridgehead atoms. The zero-order chi connectivity index (χ0) is 19.0. The number of ether oxygens (including phenoxy) is 1. The summed E-state index contributed by atoms with van der Waals surface area (Å²) >= 11 is 0. The summed E-state index contributed by atoms with van der Waals surface area (Å²) in [4.78, 5) is 19.6. The van der Waals surface area contributed by atoms with Gasteiger partial charge in [0.15, 0.2) is 0 Å². The highest BCUT2D eigenvalue weighted by Gasteiger charge is 2.16. The lowest BCUT2D eigenvalue weighted by molar-refractivity contribution is 0.122. The number of aromatic nitrogens is 4. The van der Waals surface area contributed by atoms with Gasteiger partial charge in [-0.25, -0.2) is 5.43 Å². The van der Waals surface area contributed by atoms with Gasteiger partial charge >= 0.3 is 0 Å². The van der Waals surface area contributed by atoms with Crippen LogP contribution in [-0.2, 0) is 4.74 Å². The zero-order valence-corrected chi connectivity index (χ0v) is 15.2. The predicted octanol–water partition coefficient (Wildman–Crippen LogP) is 2.29. The minimum absolute atomic E-state index is 0.357. The summed E-state index contributed by atoms with van der Waals surface area (Å²) in [5.74, 6) is 1.38. The first-order valence-electron chi connectivity index (χ1n) is 8.97. The molecule has 142 valence electrons. The van der Waals surface area contributed by atoms with Crippen LogP contribution in [0.2, 0.25) is 0 Å². The van der Waals surface area contributed by atoms with E-state index in [0.29, 0.717) is 31.1 Å². The Morgan fingerprint density at radius 3 is 2.57 bits per heavy atom. The van der Waals surface area contributed by atoms with Gasteiger partial charge in [0, 0.05) is 36.7 Å². The highest BCUT2D eigenvalue weighted by molar-refractivity contribution is 5.79. The molecule has 0 spiro atoms. The van der Waals surface area contributed by atoms with Gasteiger partial charge in [0.25, 0.3) is 0 Å². The van der Waals surface area contributed by atoms with Crippen molar-refractivity contribution in [2.24, 2.45) is 5.10 Å². The minimum Gasteiger partial charge on any atom is -0.378 e. The molecule has 1 aliphatic rings. The highest BCUT2D eigenvalue weighted by atomic mass is 16.5. The second-order valence-electron chi connectivity index (χ2n) is 6.03. The third kappa shape index (κ3) is 4.77. The maximum atomic E-state index is 5.42. The first-order valence-corrected chi connectivity index (χ1v) is 8.97. The van der Waals surface area contributed by atoms with E-state index in [1.807, 2.05) is 42.5 Å². The van der Waals surface area contributed by atoms with Crippen LogP contribution in [-0.4, -0.2) is 52.5 Å². The molecule has 0 amide bonds. The van der Waals surface area contributed by atoms with Gasteiger partial charge in [-0.15, -0.1) is 0 Å². The SMILES string of the molecule is C(=NNc1nc(Nc2ccccc2)nc(N2CCOCC2)n1)c1cccnc1. The van der Waals surface area contributed by atoms with Crippen LogP contribution in [0.3, 0.4) is 0 Å². The van der Waals surface area contributed by atoms with Crippen LogP contribution < -0.4 is 15.6 Å². The lowest BCUT2D eigenvalue weighted by Crippen LogP contribution is -2.37. The fourth-order valence-electron chi connectivity index (χ4n) is 2.64. The minimum atomic E-state index is 0.357. The first kappa shape index (κ1) is 17.8. The van der Waals surface area contributed by atoms with Gasteiger partial charge in [0.05, 0.1) is 19.4 Å². The third-order valence-corrected chi connectivity index (χ3v) is 4.01. The van der Waals surface area contributed by atoms with E-state index in [4.69, 9.17) is 4.74 Å². The largest absolute Gasteiger partial charge is 0.378 e. The van der Waals surface area contributed by atoms with Crippen molar-refractivity contribution in [3.63, 3.8) is 0 Å². The van der Waals surface area contributed by atoms with E-state index >= 15 is 0 Å². The van der Waals surface area contributed by atoms with Crippen molar-refractivity contribution >= 4 is 29.7 Å². The molecule has 9 heteroatoms. The molecule has 1 aromatic carbocycles. The summed E-state index contributed by atoms with van der Waals surface area (Å²) in [6, 6.07) is 13.5. The lowest BCUT2D eigenvalue weighted by atomic mass is 10.3. The number of morpholine rings is 1. The van der Waals surface area contributed by atoms with Crippen LogP contribution in [0.4, 0.5) is 23.5 Å². The van der Waals surface area contributed by atoms with E-state index in [1.165, 1.54) is 0 Å². The third-order valence-electron chi connectivity index (χ3n) is 4.01. The van der Waals surface area contributed by atoms with E-state index in [-0.39, 0.29) is 0 Å². The molecule has 1 saturated heterocycles. The summed E-state index contributed by atoms with van der Waals surface area (Å²) < 4.78 is 5.42. The van der Waals surface area contributed by atoms with Crippen LogP contribution in [0.1, 0.15) is 5.56 Å². The van der Waals surface area contributed by atoms with Crippen LogP contribution in [0.25, 0.3) is 0 Å². The maximum absolute atomic E-state index is 5.42. The van der Waals surface area contributed by atoms with Crippen molar-refractivity contribution in [1.82, 2.24) is 19.9 Å². The van der Waals surface area contributed by atoms with Gasteiger partial charge < -0.3 is 15.0 Å². The Morgan fingerprint density at radius 2 is 1.79 bits per heavy atom. The van der Waals surface area contributed by atoms with E-state index in [9.17, 15) is 0 Å². The summed E-state index contributed by atoms with van der Waals surface area (Å²) in [5.41, 5.74) is 4.65. The molecule has 1 aliphatic heterocycles. The molecule has 0 aliphatic carbocycles. The topological polar surface area (TPSA) is 100 Å². The average Bonchev–Trinajstić information content (AvgIpc) is 2.76. The molecule has 2 N–H and O–H groups in total. The van der Waals surface area contributed by atoms with Crippen molar-refractivity contribution in [3.8, 4) is 0 Å². The maximum Gasteiger partial charge on any atom is 0.250 e. The van der Waals surface area contributed by atoms with Crippen molar-refractivity contribution in [1.29, 1.82) is 0 Å². The van der Waals surface area contributed by atoms with Gasteiger partial charge in [-0.05, 0) is 18.2 Å². The van der Waals surface area contributed by atoms with Crippen molar-refractivity contribution in [2.75, 3.05) is 41.9 Å². The first-order chi connectivity index (χ1) is 13.9. The standard InChI is InChI=1S/C19H20N8O/c1-2-6-16(7-3-1)22-17-23-18(26-21-14-15-5-4-8-20-13-15)25-19(24-17)27-9-11-28-12-10-27/h1-8,13-14H,9-12H2,(H2,22,23,24,25,26). The number of hydrazone groups is 1. The van der Waals surface area contributed by atoms with Crippen molar-refractivity contribution in [3.05, 3.63) is 60.4 Å². The molecule has 0 saturated carbocycles. The molecule has 1 fully saturated rings. The van der Waals surface area contributed by atoms with Gasteiger partial charge in [0.2, 0.25) is 17.8 Å². The van der Waals surface area contributed by atoms with Crippen LogP contribution in [0, 0.1) is 0 Å². The smallest absolute Gasteiger partial charge is 0.250 e. The molecule has 0 unspecified atom stereocenters. The Hall–Kier alpha value is -3.59. The molecule has 4 rings (SSSR count). The van der Waals surface area contributed by atoms with E-state index in [2.05, 4.69) is 40.7 Å². The zero-order valence-electron chi connectivity index (χ0n) is 15.2. The number of benzene rings is 1. The number of rotatable bonds is 6. The normalized spacial score (nSPS) is 14.2. The number of anilines is 4. The summed E-state index contributed by atoms with van der Waals surface area (Å²) in [7, 11) is 0. The van der Waals surface area contributed by atoms with Crippen molar-refractivity contribution in [2.45, 2.75) is 0 Å². The number of pyridine rings is 1. The Bertz CT molecular complexity index is 914. The number of nitrogens with one attached hydrogen (secondary N) is 2. The molecule has 9 nitrogen and oxygen atoms in total. The van der Waals surface area contributed by atoms with Gasteiger partial charge in [-0.2, -0.15) is 20.1 Å². The molecule has 2 aromatic heterocycles. The second-order valence-corrected chi connectivity index (χ2v) is 6.03. The predicted molar refractivity (Wildman–Crippen MR) is 108 cm³/mol. The molecule has 3 heterocycles. The quantitative estimate of drug-likeness (QED) is 0.499. The van der Waals surface area contributed by atoms with E-state index in [1.54, 1.807) is 18.6 Å². The Kier molecular flexibility index (Phi) is 5.64. The molecular weight excluding hydrogens is 356 g/mol. The van der Waals surface area contributed by atoms with Gasteiger partial charge in [-0.3, -0.25) is 4.98 Å². The molecular formula is C19H20N8O. The van der Waals surface area contributed by atoms with E-state index in [0.717, 1.165) is 24.3 Å². The van der Waals surface area contributed by atoms with Gasteiger partial charge in [0.1, 0.15) is 0 Å². The molecule has 3 aromatic rings. The van der Waals surface area contributed by atoms with Crippen LogP contribution >= 0.6 is 0 Å². The fraction of sp³-hybridized carbons (Fsp3) is 0.211. The number of hydrogen-bond donors (Lipinski definition) is 2. The Balaban J connectivity index is 1.56. The molecule has 0 radical (unpaired) electrons. The Labute approximate surface area is 162 Å². The summed E-state index contributed by atoms with van der Waals surface area (Å²) in [5, 5.41) is 7.42. The molecule has 0 atom stereocenters. The number of para-hydroxylation sites is 1. The average molecular weight is 376 g/mol. The van der Waals surface area contributed by atoms with Crippen LogP contribution in [0.5, 0.6) is 0 Å². The van der Waals surface area contributed by atoms with Gasteiger partial charge in [-0.1, -0.05) is 24.3 Å². The second kappa shape index (κ2) is 8.87. The number of hydrogen-bond acceptors (Lipinski definition) is 9. The highest BCUT2D eigenvalue weighted by Crippen LogP contribution is 2.18. The lowest BCUT2D eigenvalue weighted by Gasteiger charge is -2.27. The monoisotopic (exact) mass is 376 g/mol. The number of nitrogens with zero attached hydrogens (tertiary/aromatic N) is 6. The fourth-order valence-corrected chi connectivity index (χ4v) is 2.64. The van der Waals surface area contributed by atoms with Crippen LogP contribution in [0.15, 0.2) is 60.0 Å².